The molecule has 0 aromatic heterocycles. The molecule has 0 atom stereocenters. The highest BCUT2D eigenvalue weighted by Crippen LogP contribution is 2.29. The molecule has 0 aliphatic heterocycles. The Labute approximate surface area is 121 Å². The molecule has 1 N–H and O–H groups in total. The number of ether oxygens (including phenoxy) is 1. The summed E-state index contributed by atoms with van der Waals surface area (Å²) in [5.74, 6) is -3.50. The van der Waals surface area contributed by atoms with Gasteiger partial charge in [0.2, 0.25) is 0 Å². The third-order valence-corrected chi connectivity index (χ3v) is 2.94. The lowest BCUT2D eigenvalue weighted by Crippen LogP contribution is -2.24. The fraction of sp³-hybridized carbons (Fsp3) is 0.250. The lowest BCUT2D eigenvalue weighted by atomic mass is 10.1. The average molecular weight is 295 g/mol. The number of nitrogens with one attached hydrogen (secondary N) is 1. The van der Waals surface area contributed by atoms with E-state index in [0.717, 1.165) is 6.07 Å². The molecule has 112 valence electrons. The Hall–Kier alpha value is -2.17. The monoisotopic (exact) mass is 295 g/mol. The second-order valence-corrected chi connectivity index (χ2v) is 4.50. The highest BCUT2D eigenvalue weighted by molar-refractivity contribution is 5.47. The summed E-state index contributed by atoms with van der Waals surface area (Å²) in [6, 6.07) is 11.6. The summed E-state index contributed by atoms with van der Waals surface area (Å²) in [5.41, 5.74) is 0.204. The molecular formula is C16H16F3NO. The minimum Gasteiger partial charge on any atom is -0.491 e. The summed E-state index contributed by atoms with van der Waals surface area (Å²) in [6.45, 7) is 1.48. The van der Waals surface area contributed by atoms with Crippen molar-refractivity contribution in [3.05, 3.63) is 59.9 Å². The maximum atomic E-state index is 14.0. The van der Waals surface area contributed by atoms with Gasteiger partial charge in [-0.25, -0.2) is 4.39 Å². The van der Waals surface area contributed by atoms with Crippen LogP contribution in [0.3, 0.4) is 0 Å². The molecule has 2 aromatic rings. The molecule has 0 aliphatic rings. The summed E-state index contributed by atoms with van der Waals surface area (Å²) in [5, 5.41) is 2.55. The van der Waals surface area contributed by atoms with E-state index < -0.39 is 18.3 Å². The molecule has 5 heteroatoms. The van der Waals surface area contributed by atoms with Crippen molar-refractivity contribution in [1.29, 1.82) is 0 Å². The Kier molecular flexibility index (Phi) is 4.73. The van der Waals surface area contributed by atoms with Gasteiger partial charge >= 0.3 is 0 Å². The molecular weight excluding hydrogens is 279 g/mol. The number of alkyl halides is 2. The lowest BCUT2D eigenvalue weighted by Gasteiger charge is -2.18. The van der Waals surface area contributed by atoms with E-state index in [2.05, 4.69) is 5.32 Å². The van der Waals surface area contributed by atoms with E-state index in [-0.39, 0.29) is 17.0 Å². The van der Waals surface area contributed by atoms with Crippen LogP contribution in [-0.4, -0.2) is 13.2 Å². The minimum atomic E-state index is -3.03. The molecule has 0 amide bonds. The van der Waals surface area contributed by atoms with Crippen LogP contribution in [0.25, 0.3) is 0 Å². The van der Waals surface area contributed by atoms with Crippen molar-refractivity contribution in [2.75, 3.05) is 18.5 Å². The maximum absolute atomic E-state index is 14.0. The van der Waals surface area contributed by atoms with Crippen molar-refractivity contribution in [3.8, 4) is 5.75 Å². The average Bonchev–Trinajstić information content (AvgIpc) is 2.49. The van der Waals surface area contributed by atoms with Gasteiger partial charge in [0.1, 0.15) is 0 Å². The van der Waals surface area contributed by atoms with E-state index >= 15 is 0 Å². The SMILES string of the molecule is CCOc1ccc(NCC(F)(F)c2ccccc2)cc1F. The predicted octanol–water partition coefficient (Wildman–Crippen LogP) is 4.43. The van der Waals surface area contributed by atoms with E-state index in [9.17, 15) is 13.2 Å². The van der Waals surface area contributed by atoms with Crippen molar-refractivity contribution in [3.63, 3.8) is 0 Å². The third kappa shape index (κ3) is 3.90. The second kappa shape index (κ2) is 6.52. The van der Waals surface area contributed by atoms with Crippen molar-refractivity contribution >= 4 is 5.69 Å². The Balaban J connectivity index is 2.04. The number of benzene rings is 2. The summed E-state index contributed by atoms with van der Waals surface area (Å²) in [4.78, 5) is 0. The highest BCUT2D eigenvalue weighted by atomic mass is 19.3. The minimum absolute atomic E-state index is 0.0797. The molecule has 0 spiro atoms. The normalized spacial score (nSPS) is 11.2. The van der Waals surface area contributed by atoms with Crippen molar-refractivity contribution in [1.82, 2.24) is 0 Å². The van der Waals surface area contributed by atoms with E-state index in [1.807, 2.05) is 0 Å². The van der Waals surface area contributed by atoms with Gasteiger partial charge in [-0.2, -0.15) is 8.78 Å². The molecule has 0 saturated heterocycles. The van der Waals surface area contributed by atoms with Gasteiger partial charge in [0.15, 0.2) is 11.6 Å². The smallest absolute Gasteiger partial charge is 0.290 e. The van der Waals surface area contributed by atoms with Gasteiger partial charge < -0.3 is 10.1 Å². The Bertz CT molecular complexity index is 587. The molecule has 0 heterocycles. The Morgan fingerprint density at radius 2 is 1.81 bits per heavy atom. The van der Waals surface area contributed by atoms with Gasteiger partial charge in [-0.1, -0.05) is 30.3 Å². The van der Waals surface area contributed by atoms with Gasteiger partial charge in [0.05, 0.1) is 13.2 Å². The summed E-state index contributed by atoms with van der Waals surface area (Å²) >= 11 is 0. The zero-order valence-corrected chi connectivity index (χ0v) is 11.6. The molecule has 0 unspecified atom stereocenters. The second-order valence-electron chi connectivity index (χ2n) is 4.50. The Morgan fingerprint density at radius 1 is 1.10 bits per heavy atom. The summed E-state index contributed by atoms with van der Waals surface area (Å²) < 4.78 is 46.6. The van der Waals surface area contributed by atoms with Gasteiger partial charge in [0.25, 0.3) is 5.92 Å². The first-order chi connectivity index (χ1) is 10.0. The molecule has 2 rings (SSSR count). The first-order valence-corrected chi connectivity index (χ1v) is 6.62. The zero-order chi connectivity index (χ0) is 15.3. The van der Waals surface area contributed by atoms with E-state index in [0.29, 0.717) is 6.61 Å². The third-order valence-electron chi connectivity index (χ3n) is 2.94. The molecule has 2 aromatic carbocycles. The van der Waals surface area contributed by atoms with Crippen molar-refractivity contribution in [2.24, 2.45) is 0 Å². The summed E-state index contributed by atoms with van der Waals surface area (Å²) in [7, 11) is 0. The number of halogens is 3. The van der Waals surface area contributed by atoms with Gasteiger partial charge in [0, 0.05) is 17.3 Å². The van der Waals surface area contributed by atoms with Crippen LogP contribution in [0.4, 0.5) is 18.9 Å². The molecule has 0 bridgehead atoms. The van der Waals surface area contributed by atoms with Crippen LogP contribution in [0, 0.1) is 5.82 Å². The van der Waals surface area contributed by atoms with Crippen LogP contribution in [0.1, 0.15) is 12.5 Å². The molecule has 0 fully saturated rings. The summed E-state index contributed by atoms with van der Waals surface area (Å²) in [6.07, 6.45) is 0. The molecule has 21 heavy (non-hydrogen) atoms. The molecule has 0 aliphatic carbocycles. The zero-order valence-electron chi connectivity index (χ0n) is 11.6. The van der Waals surface area contributed by atoms with Crippen molar-refractivity contribution in [2.45, 2.75) is 12.8 Å². The number of hydrogen-bond acceptors (Lipinski definition) is 2. The predicted molar refractivity (Wildman–Crippen MR) is 76.4 cm³/mol. The van der Waals surface area contributed by atoms with Crippen LogP contribution in [0.15, 0.2) is 48.5 Å². The fourth-order valence-corrected chi connectivity index (χ4v) is 1.88. The fourth-order valence-electron chi connectivity index (χ4n) is 1.88. The maximum Gasteiger partial charge on any atom is 0.290 e. The van der Waals surface area contributed by atoms with Crippen LogP contribution < -0.4 is 10.1 Å². The van der Waals surface area contributed by atoms with Gasteiger partial charge in [-0.15, -0.1) is 0 Å². The topological polar surface area (TPSA) is 21.3 Å². The van der Waals surface area contributed by atoms with E-state index in [1.54, 1.807) is 25.1 Å². The van der Waals surface area contributed by atoms with E-state index in [1.165, 1.54) is 24.3 Å². The van der Waals surface area contributed by atoms with Crippen LogP contribution in [-0.2, 0) is 5.92 Å². The number of rotatable bonds is 6. The van der Waals surface area contributed by atoms with E-state index in [4.69, 9.17) is 4.74 Å². The Morgan fingerprint density at radius 3 is 2.43 bits per heavy atom. The molecule has 0 saturated carbocycles. The van der Waals surface area contributed by atoms with Crippen LogP contribution in [0.2, 0.25) is 0 Å². The highest BCUT2D eigenvalue weighted by Gasteiger charge is 2.30. The molecule has 2 nitrogen and oxygen atoms in total. The standard InChI is InChI=1S/C16H16F3NO/c1-2-21-15-9-8-13(10-14(15)17)20-11-16(18,19)12-6-4-3-5-7-12/h3-10,20H,2,11H2,1H3. The first-order valence-electron chi connectivity index (χ1n) is 6.62. The lowest BCUT2D eigenvalue weighted by molar-refractivity contribution is 0.0106. The van der Waals surface area contributed by atoms with Crippen LogP contribution >= 0.6 is 0 Å². The van der Waals surface area contributed by atoms with Crippen molar-refractivity contribution < 1.29 is 17.9 Å². The van der Waals surface area contributed by atoms with Gasteiger partial charge in [-0.05, 0) is 19.1 Å². The number of hydrogen-bond donors (Lipinski definition) is 1. The quantitative estimate of drug-likeness (QED) is 0.851. The van der Waals surface area contributed by atoms with Gasteiger partial charge in [-0.3, -0.25) is 0 Å². The molecule has 0 radical (unpaired) electrons. The first kappa shape index (κ1) is 15.2. The van der Waals surface area contributed by atoms with Crippen LogP contribution in [0.5, 0.6) is 5.75 Å². The number of anilines is 1. The largest absolute Gasteiger partial charge is 0.491 e.